The van der Waals surface area contributed by atoms with Gasteiger partial charge in [0.1, 0.15) is 5.82 Å². The first-order valence-electron chi connectivity index (χ1n) is 8.14. The Morgan fingerprint density at radius 3 is 2.52 bits per heavy atom. The summed E-state index contributed by atoms with van der Waals surface area (Å²) in [4.78, 5) is 24.0. The van der Waals surface area contributed by atoms with Crippen LogP contribution in [0.25, 0.3) is 0 Å². The van der Waals surface area contributed by atoms with E-state index < -0.39 is 5.82 Å². The highest BCUT2D eigenvalue weighted by atomic mass is 19.1. The molecule has 25 heavy (non-hydrogen) atoms. The van der Waals surface area contributed by atoms with Gasteiger partial charge >= 0.3 is 0 Å². The van der Waals surface area contributed by atoms with E-state index in [2.05, 4.69) is 10.6 Å². The number of carbonyl (C=O) groups is 2. The van der Waals surface area contributed by atoms with E-state index in [4.69, 9.17) is 4.74 Å². The number of nitrogens with one attached hydrogen (secondary N) is 2. The van der Waals surface area contributed by atoms with Crippen molar-refractivity contribution in [2.24, 2.45) is 5.92 Å². The molecule has 6 heteroatoms. The van der Waals surface area contributed by atoms with Gasteiger partial charge in [0.05, 0.1) is 24.6 Å². The van der Waals surface area contributed by atoms with Crippen molar-refractivity contribution >= 4 is 23.2 Å². The molecule has 2 amide bonds. The Morgan fingerprint density at radius 1 is 1.08 bits per heavy atom. The second kappa shape index (κ2) is 7.90. The molecule has 2 N–H and O–H groups in total. The lowest BCUT2D eigenvalue weighted by atomic mass is 10.1. The molecule has 2 aromatic rings. The van der Waals surface area contributed by atoms with Gasteiger partial charge in [-0.05, 0) is 36.2 Å². The van der Waals surface area contributed by atoms with Crippen LogP contribution in [0, 0.1) is 11.7 Å². The fourth-order valence-corrected chi connectivity index (χ4v) is 2.63. The van der Waals surface area contributed by atoms with Gasteiger partial charge in [-0.25, -0.2) is 4.39 Å². The van der Waals surface area contributed by atoms with Crippen molar-refractivity contribution in [1.82, 2.24) is 0 Å². The van der Waals surface area contributed by atoms with Crippen LogP contribution in [0.15, 0.2) is 48.5 Å². The third kappa shape index (κ3) is 4.64. The van der Waals surface area contributed by atoms with Crippen LogP contribution in [-0.2, 0) is 20.7 Å². The first-order valence-corrected chi connectivity index (χ1v) is 8.14. The van der Waals surface area contributed by atoms with E-state index >= 15 is 0 Å². The molecular formula is C19H19FN2O3. The van der Waals surface area contributed by atoms with Crippen molar-refractivity contribution in [3.05, 3.63) is 59.9 Å². The summed E-state index contributed by atoms with van der Waals surface area (Å²) in [7, 11) is 0. The normalized spacial score (nSPS) is 16.4. The van der Waals surface area contributed by atoms with Crippen molar-refractivity contribution in [1.29, 1.82) is 0 Å². The minimum absolute atomic E-state index is 0.0532. The van der Waals surface area contributed by atoms with E-state index in [9.17, 15) is 14.0 Å². The summed E-state index contributed by atoms with van der Waals surface area (Å²) in [5.41, 5.74) is 1.61. The largest absolute Gasteiger partial charge is 0.381 e. The summed E-state index contributed by atoms with van der Waals surface area (Å²) >= 11 is 0. The second-order valence-electron chi connectivity index (χ2n) is 5.95. The summed E-state index contributed by atoms with van der Waals surface area (Å²) in [5.74, 6) is -0.927. The number of ether oxygens (including phenoxy) is 1. The van der Waals surface area contributed by atoms with Crippen molar-refractivity contribution in [2.75, 3.05) is 23.8 Å². The second-order valence-corrected chi connectivity index (χ2v) is 5.95. The number of benzene rings is 2. The van der Waals surface area contributed by atoms with Gasteiger partial charge in [-0.3, -0.25) is 9.59 Å². The van der Waals surface area contributed by atoms with E-state index in [1.807, 2.05) is 0 Å². The van der Waals surface area contributed by atoms with Crippen LogP contribution in [0.2, 0.25) is 0 Å². The van der Waals surface area contributed by atoms with E-state index in [1.54, 1.807) is 36.4 Å². The molecule has 0 spiro atoms. The first kappa shape index (κ1) is 17.1. The maximum absolute atomic E-state index is 13.5. The van der Waals surface area contributed by atoms with Crippen LogP contribution in [0.3, 0.4) is 0 Å². The Labute approximate surface area is 145 Å². The van der Waals surface area contributed by atoms with Gasteiger partial charge in [-0.15, -0.1) is 0 Å². The van der Waals surface area contributed by atoms with Gasteiger partial charge in [-0.2, -0.15) is 0 Å². The fourth-order valence-electron chi connectivity index (χ4n) is 2.63. The Bertz CT molecular complexity index is 756. The predicted molar refractivity (Wildman–Crippen MR) is 92.7 cm³/mol. The fraction of sp³-hybridized carbons (Fsp3) is 0.263. The minimum Gasteiger partial charge on any atom is -0.381 e. The molecule has 2 aromatic carbocycles. The number of carbonyl (C=O) groups excluding carboxylic acids is 2. The third-order valence-electron chi connectivity index (χ3n) is 4.03. The van der Waals surface area contributed by atoms with Gasteiger partial charge in [0.2, 0.25) is 11.8 Å². The van der Waals surface area contributed by atoms with Crippen molar-refractivity contribution in [3.63, 3.8) is 0 Å². The number of rotatable bonds is 5. The SMILES string of the molecule is O=C(Cc1ccc(NC(=O)C2CCOC2)cc1)Nc1ccccc1F. The Hall–Kier alpha value is -2.73. The maximum atomic E-state index is 13.5. The molecule has 1 aliphatic rings. The molecule has 1 unspecified atom stereocenters. The van der Waals surface area contributed by atoms with Crippen LogP contribution in [0.4, 0.5) is 15.8 Å². The Balaban J connectivity index is 1.54. The predicted octanol–water partition coefficient (Wildman–Crippen LogP) is 2.98. The smallest absolute Gasteiger partial charge is 0.229 e. The highest BCUT2D eigenvalue weighted by Crippen LogP contribution is 2.17. The van der Waals surface area contributed by atoms with Crippen LogP contribution < -0.4 is 10.6 Å². The minimum atomic E-state index is -0.468. The van der Waals surface area contributed by atoms with Crippen LogP contribution in [0.1, 0.15) is 12.0 Å². The zero-order valence-electron chi connectivity index (χ0n) is 13.6. The average Bonchev–Trinajstić information content (AvgIpc) is 3.13. The summed E-state index contributed by atoms with van der Waals surface area (Å²) < 4.78 is 18.7. The third-order valence-corrected chi connectivity index (χ3v) is 4.03. The van der Waals surface area contributed by atoms with Crippen molar-refractivity contribution < 1.29 is 18.7 Å². The summed E-state index contributed by atoms with van der Waals surface area (Å²) in [6.07, 6.45) is 0.860. The quantitative estimate of drug-likeness (QED) is 0.878. The van der Waals surface area contributed by atoms with E-state index in [0.717, 1.165) is 12.0 Å². The lowest BCUT2D eigenvalue weighted by Gasteiger charge is -2.10. The maximum Gasteiger partial charge on any atom is 0.229 e. The van der Waals surface area contributed by atoms with E-state index in [1.165, 1.54) is 12.1 Å². The molecule has 1 aliphatic heterocycles. The average molecular weight is 342 g/mol. The molecule has 1 heterocycles. The van der Waals surface area contributed by atoms with Crippen LogP contribution in [0.5, 0.6) is 0 Å². The lowest BCUT2D eigenvalue weighted by Crippen LogP contribution is -2.22. The van der Waals surface area contributed by atoms with Gasteiger partial charge in [0.15, 0.2) is 0 Å². The molecule has 3 rings (SSSR count). The molecule has 0 radical (unpaired) electrons. The summed E-state index contributed by atoms with van der Waals surface area (Å²) in [6.45, 7) is 1.08. The Kier molecular flexibility index (Phi) is 5.40. The molecule has 0 saturated carbocycles. The van der Waals surface area contributed by atoms with E-state index in [-0.39, 0.29) is 29.8 Å². The molecule has 0 aliphatic carbocycles. The molecule has 5 nitrogen and oxygen atoms in total. The molecule has 1 fully saturated rings. The molecule has 130 valence electrons. The highest BCUT2D eigenvalue weighted by molar-refractivity contribution is 5.93. The highest BCUT2D eigenvalue weighted by Gasteiger charge is 2.23. The zero-order valence-corrected chi connectivity index (χ0v) is 13.6. The van der Waals surface area contributed by atoms with E-state index in [0.29, 0.717) is 18.9 Å². The number of anilines is 2. The van der Waals surface area contributed by atoms with Crippen LogP contribution in [-0.4, -0.2) is 25.0 Å². The molecule has 1 atom stereocenters. The van der Waals surface area contributed by atoms with Crippen molar-refractivity contribution in [2.45, 2.75) is 12.8 Å². The van der Waals surface area contributed by atoms with Gasteiger partial charge in [-0.1, -0.05) is 24.3 Å². The van der Waals surface area contributed by atoms with Gasteiger partial charge < -0.3 is 15.4 Å². The Morgan fingerprint density at radius 2 is 1.84 bits per heavy atom. The standard InChI is InChI=1S/C19H19FN2O3/c20-16-3-1-2-4-17(16)22-18(23)11-13-5-7-15(8-6-13)21-19(24)14-9-10-25-12-14/h1-8,14H,9-12H2,(H,21,24)(H,22,23). The van der Waals surface area contributed by atoms with Gasteiger partial charge in [0.25, 0.3) is 0 Å². The number of hydrogen-bond acceptors (Lipinski definition) is 3. The molecule has 0 bridgehead atoms. The van der Waals surface area contributed by atoms with Crippen LogP contribution >= 0.6 is 0 Å². The number of hydrogen-bond donors (Lipinski definition) is 2. The summed E-state index contributed by atoms with van der Waals surface area (Å²) in [6, 6.07) is 13.1. The summed E-state index contributed by atoms with van der Waals surface area (Å²) in [5, 5.41) is 5.39. The number of halogens is 1. The monoisotopic (exact) mass is 342 g/mol. The van der Waals surface area contributed by atoms with Crippen molar-refractivity contribution in [3.8, 4) is 0 Å². The molecular weight excluding hydrogens is 323 g/mol. The zero-order chi connectivity index (χ0) is 17.6. The number of para-hydroxylation sites is 1. The number of amides is 2. The topological polar surface area (TPSA) is 67.4 Å². The van der Waals surface area contributed by atoms with Gasteiger partial charge in [0, 0.05) is 12.3 Å². The molecule has 1 saturated heterocycles. The lowest BCUT2D eigenvalue weighted by molar-refractivity contribution is -0.120. The first-order chi connectivity index (χ1) is 12.1. The molecule has 0 aromatic heterocycles.